The van der Waals surface area contributed by atoms with Crippen molar-refractivity contribution in [3.63, 3.8) is 0 Å². The topological polar surface area (TPSA) is 92.0 Å². The molecule has 0 spiro atoms. The summed E-state index contributed by atoms with van der Waals surface area (Å²) < 4.78 is 42.1. The molecule has 0 bridgehead atoms. The highest BCUT2D eigenvalue weighted by Crippen LogP contribution is 2.42. The minimum atomic E-state index is -5.26. The maximum Gasteiger partial charge on any atom is 0.493 e. The lowest BCUT2D eigenvalue weighted by Gasteiger charge is -2.40. The molecule has 1 unspecified atom stereocenters. The molecular weight excluding hydrogens is 457 g/mol. The van der Waals surface area contributed by atoms with E-state index < -0.39 is 29.7 Å². The molecule has 10 nitrogen and oxygen atoms in total. The van der Waals surface area contributed by atoms with Crippen LogP contribution in [-0.4, -0.2) is 65.2 Å². The first-order chi connectivity index (χ1) is 16.2. The molecule has 4 rings (SSSR count). The normalized spacial score (nSPS) is 21.4. The van der Waals surface area contributed by atoms with Gasteiger partial charge in [-0.25, -0.2) is 9.59 Å². The van der Waals surface area contributed by atoms with E-state index in [4.69, 9.17) is 4.84 Å². The second-order valence-corrected chi connectivity index (χ2v) is 8.52. The molecule has 0 radical (unpaired) electrons. The average molecular weight is 484 g/mol. The zero-order valence-electron chi connectivity index (χ0n) is 19.0. The van der Waals surface area contributed by atoms with Crippen molar-refractivity contribution in [1.82, 2.24) is 19.4 Å². The summed E-state index contributed by atoms with van der Waals surface area (Å²) >= 11 is 0. The molecule has 1 atom stereocenters. The van der Waals surface area contributed by atoms with Crippen LogP contribution in [0.3, 0.4) is 0 Å². The number of hydroxylamine groups is 1. The Morgan fingerprint density at radius 3 is 2.41 bits per heavy atom. The maximum atomic E-state index is 13.3. The first-order valence-corrected chi connectivity index (χ1v) is 11.2. The number of aromatic nitrogens is 2. The number of hydrogen-bond acceptors (Lipinski definition) is 8. The van der Waals surface area contributed by atoms with Crippen molar-refractivity contribution in [2.24, 2.45) is 7.05 Å². The number of alkyl halides is 3. The van der Waals surface area contributed by atoms with Crippen LogP contribution in [0.5, 0.6) is 0 Å². The van der Waals surface area contributed by atoms with Gasteiger partial charge in [-0.2, -0.15) is 13.2 Å². The molecule has 1 aliphatic carbocycles. The van der Waals surface area contributed by atoms with E-state index in [-0.39, 0.29) is 24.1 Å². The standard InChI is InChI=1S/C21H27F3N6O4/c1-3-4-11-28-15-16(29(14-7-5-6-8-14)20(33)26(2)17(15)31)30(34-18(32)21(22,23)24)19(28)27-12-9-25-10-13-27/h14,19,25H,5-13H2,1-2H3. The van der Waals surface area contributed by atoms with E-state index in [1.54, 1.807) is 11.8 Å². The predicted molar refractivity (Wildman–Crippen MR) is 117 cm³/mol. The van der Waals surface area contributed by atoms with Gasteiger partial charge < -0.3 is 15.1 Å². The fourth-order valence-electron chi connectivity index (χ4n) is 4.83. The van der Waals surface area contributed by atoms with Crippen LogP contribution in [-0.2, 0) is 16.7 Å². The summed E-state index contributed by atoms with van der Waals surface area (Å²) in [6.07, 6.45) is -3.40. The van der Waals surface area contributed by atoms with Crippen molar-refractivity contribution in [3.8, 4) is 11.8 Å². The Kier molecular flexibility index (Phi) is 6.64. The molecule has 1 aromatic rings. The van der Waals surface area contributed by atoms with Crippen LogP contribution in [0.25, 0.3) is 0 Å². The number of halogens is 3. The number of fused-ring (bicyclic) bond motifs is 1. The second-order valence-electron chi connectivity index (χ2n) is 8.52. The van der Waals surface area contributed by atoms with E-state index >= 15 is 0 Å². The molecule has 3 heterocycles. The van der Waals surface area contributed by atoms with Crippen LogP contribution in [0.2, 0.25) is 0 Å². The van der Waals surface area contributed by atoms with Crippen LogP contribution >= 0.6 is 0 Å². The van der Waals surface area contributed by atoms with Gasteiger partial charge in [-0.15, -0.1) is 11.0 Å². The Hall–Kier alpha value is -2.98. The molecule has 2 fully saturated rings. The van der Waals surface area contributed by atoms with Crippen molar-refractivity contribution in [2.45, 2.75) is 51.1 Å². The number of piperazine rings is 1. The lowest BCUT2D eigenvalue weighted by Crippen LogP contribution is -2.61. The summed E-state index contributed by atoms with van der Waals surface area (Å²) in [5.74, 6) is 3.05. The largest absolute Gasteiger partial charge is 0.493 e. The van der Waals surface area contributed by atoms with Gasteiger partial charge in [0.25, 0.3) is 5.56 Å². The predicted octanol–water partition coefficient (Wildman–Crippen LogP) is 0.521. The molecule has 0 aromatic carbocycles. The highest BCUT2D eigenvalue weighted by atomic mass is 19.4. The summed E-state index contributed by atoms with van der Waals surface area (Å²) in [6.45, 7) is 3.54. The third-order valence-corrected chi connectivity index (χ3v) is 6.43. The smallest absolute Gasteiger partial charge is 0.327 e. The van der Waals surface area contributed by atoms with Crippen molar-refractivity contribution in [3.05, 3.63) is 20.8 Å². The Morgan fingerprint density at radius 2 is 1.82 bits per heavy atom. The molecule has 3 aliphatic rings. The molecule has 34 heavy (non-hydrogen) atoms. The van der Waals surface area contributed by atoms with Gasteiger partial charge in [-0.05, 0) is 19.8 Å². The molecule has 1 saturated heterocycles. The average Bonchev–Trinajstić information content (AvgIpc) is 3.43. The molecule has 186 valence electrons. The van der Waals surface area contributed by atoms with Gasteiger partial charge >= 0.3 is 17.8 Å². The number of hydrogen-bond donors (Lipinski definition) is 1. The first-order valence-electron chi connectivity index (χ1n) is 11.2. The summed E-state index contributed by atoms with van der Waals surface area (Å²) in [5.41, 5.74) is -1.35. The van der Waals surface area contributed by atoms with E-state index in [1.165, 1.54) is 16.5 Å². The molecule has 1 N–H and O–H groups in total. The van der Waals surface area contributed by atoms with Gasteiger partial charge in [0.05, 0.1) is 6.54 Å². The van der Waals surface area contributed by atoms with Gasteiger partial charge in [0.2, 0.25) is 0 Å². The highest BCUT2D eigenvalue weighted by Gasteiger charge is 2.51. The van der Waals surface area contributed by atoms with E-state index in [0.29, 0.717) is 39.0 Å². The van der Waals surface area contributed by atoms with Gasteiger partial charge in [0, 0.05) is 39.3 Å². The summed E-state index contributed by atoms with van der Waals surface area (Å²) in [4.78, 5) is 46.8. The van der Waals surface area contributed by atoms with E-state index in [0.717, 1.165) is 22.5 Å². The highest BCUT2D eigenvalue weighted by molar-refractivity contribution is 5.80. The van der Waals surface area contributed by atoms with Crippen LogP contribution in [0, 0.1) is 11.8 Å². The molecule has 1 aromatic heterocycles. The van der Waals surface area contributed by atoms with Crippen molar-refractivity contribution in [2.75, 3.05) is 42.7 Å². The monoisotopic (exact) mass is 484 g/mol. The van der Waals surface area contributed by atoms with Crippen LogP contribution in [0.15, 0.2) is 9.59 Å². The quantitative estimate of drug-likeness (QED) is 0.619. The molecule has 0 amide bonds. The Morgan fingerprint density at radius 1 is 1.18 bits per heavy atom. The number of rotatable bonds is 4. The Labute approximate surface area is 193 Å². The number of nitrogens with zero attached hydrogens (tertiary/aromatic N) is 5. The van der Waals surface area contributed by atoms with E-state index in [2.05, 4.69) is 17.2 Å². The lowest BCUT2D eigenvalue weighted by molar-refractivity contribution is -0.203. The summed E-state index contributed by atoms with van der Waals surface area (Å²) in [6, 6.07) is -0.332. The van der Waals surface area contributed by atoms with E-state index in [1.807, 2.05) is 0 Å². The van der Waals surface area contributed by atoms with Gasteiger partial charge in [-0.3, -0.25) is 18.8 Å². The number of carbonyl (C=O) groups excluding carboxylic acids is 1. The third-order valence-electron chi connectivity index (χ3n) is 6.43. The van der Waals surface area contributed by atoms with Crippen molar-refractivity contribution in [1.29, 1.82) is 0 Å². The molecular formula is C21H27F3N6O4. The van der Waals surface area contributed by atoms with Crippen molar-refractivity contribution >= 4 is 17.5 Å². The van der Waals surface area contributed by atoms with Gasteiger partial charge in [0.15, 0.2) is 17.8 Å². The van der Waals surface area contributed by atoms with Crippen molar-refractivity contribution < 1.29 is 22.8 Å². The van der Waals surface area contributed by atoms with Crippen LogP contribution in [0.4, 0.5) is 24.7 Å². The maximum absolute atomic E-state index is 13.3. The molecule has 1 saturated carbocycles. The molecule has 13 heteroatoms. The second kappa shape index (κ2) is 9.34. The van der Waals surface area contributed by atoms with E-state index in [9.17, 15) is 27.6 Å². The lowest BCUT2D eigenvalue weighted by atomic mass is 10.2. The number of anilines is 2. The number of carbonyl (C=O) groups is 1. The zero-order valence-corrected chi connectivity index (χ0v) is 19.0. The first kappa shape index (κ1) is 24.2. The summed E-state index contributed by atoms with van der Waals surface area (Å²) in [7, 11) is 1.34. The zero-order chi connectivity index (χ0) is 24.6. The SMILES string of the molecule is CC#CCN1c2c(n(C3CCCC3)c(=O)n(C)c2=O)N(OC(=O)C(F)(F)F)C1N1CCNCC1. The Bertz CT molecular complexity index is 1120. The Balaban J connectivity index is 1.96. The van der Waals surface area contributed by atoms with Gasteiger partial charge in [0.1, 0.15) is 0 Å². The number of nitrogens with one attached hydrogen (secondary N) is 1. The third kappa shape index (κ3) is 4.16. The van der Waals surface area contributed by atoms with Gasteiger partial charge in [-0.1, -0.05) is 18.8 Å². The fourth-order valence-corrected chi connectivity index (χ4v) is 4.83. The minimum absolute atomic E-state index is 0.00370. The fraction of sp³-hybridized carbons (Fsp3) is 0.667. The van der Waals surface area contributed by atoms with Crippen LogP contribution in [0.1, 0.15) is 38.6 Å². The molecule has 2 aliphatic heterocycles. The summed E-state index contributed by atoms with van der Waals surface area (Å²) in [5, 5.41) is 3.97. The minimum Gasteiger partial charge on any atom is -0.327 e. The van der Waals surface area contributed by atoms with Crippen LogP contribution < -0.4 is 26.5 Å².